The van der Waals surface area contributed by atoms with E-state index in [0.717, 1.165) is 37.8 Å². The first kappa shape index (κ1) is 13.1. The summed E-state index contributed by atoms with van der Waals surface area (Å²) >= 11 is 0. The van der Waals surface area contributed by atoms with E-state index in [2.05, 4.69) is 18.9 Å². The Kier molecular flexibility index (Phi) is 4.04. The molecule has 0 saturated heterocycles. The normalized spacial score (nSPS) is 23.1. The van der Waals surface area contributed by atoms with Crippen LogP contribution in [0.2, 0.25) is 0 Å². The Labute approximate surface area is 108 Å². The zero-order valence-electron chi connectivity index (χ0n) is 11.2. The minimum Gasteiger partial charge on any atom is -0.481 e. The van der Waals surface area contributed by atoms with Crippen molar-refractivity contribution >= 4 is 5.97 Å². The number of carboxylic acids is 1. The zero-order chi connectivity index (χ0) is 13.1. The first-order valence-corrected chi connectivity index (χ1v) is 6.92. The number of carboxylic acid groups (broad SMARTS) is 1. The van der Waals surface area contributed by atoms with E-state index in [1.165, 1.54) is 0 Å². The first-order valence-electron chi connectivity index (χ1n) is 6.92. The van der Waals surface area contributed by atoms with Crippen molar-refractivity contribution in [1.29, 1.82) is 0 Å². The molecule has 1 aliphatic rings. The Balaban J connectivity index is 1.96. The predicted molar refractivity (Wildman–Crippen MR) is 69.4 cm³/mol. The molecule has 0 spiro atoms. The molecular formula is C14H22N2O2. The molecular weight excluding hydrogens is 228 g/mol. The lowest BCUT2D eigenvalue weighted by Crippen LogP contribution is -2.34. The lowest BCUT2D eigenvalue weighted by Gasteiger charge is -2.32. The molecule has 1 aliphatic carbocycles. The van der Waals surface area contributed by atoms with Crippen molar-refractivity contribution in [2.75, 3.05) is 0 Å². The summed E-state index contributed by atoms with van der Waals surface area (Å²) in [6.45, 7) is 4.34. The van der Waals surface area contributed by atoms with Crippen molar-refractivity contribution in [3.63, 3.8) is 0 Å². The molecule has 0 bridgehead atoms. The zero-order valence-corrected chi connectivity index (χ0v) is 11.2. The lowest BCUT2D eigenvalue weighted by atomic mass is 9.71. The van der Waals surface area contributed by atoms with Crippen LogP contribution in [0, 0.1) is 11.8 Å². The fraction of sp³-hybridized carbons (Fsp3) is 0.714. The molecule has 4 heteroatoms. The van der Waals surface area contributed by atoms with Gasteiger partial charge < -0.3 is 5.11 Å². The van der Waals surface area contributed by atoms with E-state index in [0.29, 0.717) is 6.04 Å². The summed E-state index contributed by atoms with van der Waals surface area (Å²) < 4.78 is 2.03. The average Bonchev–Trinajstić information content (AvgIpc) is 2.74. The maximum atomic E-state index is 11.0. The van der Waals surface area contributed by atoms with Gasteiger partial charge in [0.15, 0.2) is 0 Å². The van der Waals surface area contributed by atoms with Crippen LogP contribution in [0.1, 0.15) is 51.3 Å². The highest BCUT2D eigenvalue weighted by atomic mass is 16.4. The van der Waals surface area contributed by atoms with Crippen molar-refractivity contribution in [3.8, 4) is 0 Å². The van der Waals surface area contributed by atoms with Crippen LogP contribution >= 0.6 is 0 Å². The highest BCUT2D eigenvalue weighted by Gasteiger charge is 2.36. The molecule has 1 saturated carbocycles. The molecule has 1 N–H and O–H groups in total. The van der Waals surface area contributed by atoms with E-state index < -0.39 is 5.97 Å². The van der Waals surface area contributed by atoms with Crippen molar-refractivity contribution in [2.45, 2.75) is 52.0 Å². The van der Waals surface area contributed by atoms with E-state index in [9.17, 15) is 4.79 Å². The first-order chi connectivity index (χ1) is 8.65. The van der Waals surface area contributed by atoms with Gasteiger partial charge in [0.2, 0.25) is 0 Å². The third kappa shape index (κ3) is 2.57. The SMILES string of the molecule is CCC(CC)n1ccc(CC2CCC2C(=O)O)n1. The highest BCUT2D eigenvalue weighted by Crippen LogP contribution is 2.36. The fourth-order valence-corrected chi connectivity index (χ4v) is 2.76. The number of hydrogen-bond acceptors (Lipinski definition) is 2. The minimum absolute atomic E-state index is 0.150. The minimum atomic E-state index is -0.648. The van der Waals surface area contributed by atoms with Crippen LogP contribution in [0.25, 0.3) is 0 Å². The highest BCUT2D eigenvalue weighted by molar-refractivity contribution is 5.71. The quantitative estimate of drug-likeness (QED) is 0.844. The van der Waals surface area contributed by atoms with Gasteiger partial charge in [-0.25, -0.2) is 0 Å². The monoisotopic (exact) mass is 250 g/mol. The van der Waals surface area contributed by atoms with E-state index in [1.54, 1.807) is 0 Å². The van der Waals surface area contributed by atoms with Gasteiger partial charge in [0.1, 0.15) is 0 Å². The van der Waals surface area contributed by atoms with Crippen molar-refractivity contribution in [3.05, 3.63) is 18.0 Å². The molecule has 2 atom stereocenters. The molecule has 0 aromatic carbocycles. The largest absolute Gasteiger partial charge is 0.481 e. The lowest BCUT2D eigenvalue weighted by molar-refractivity contribution is -0.147. The number of aliphatic carboxylic acids is 1. The van der Waals surface area contributed by atoms with Crippen LogP contribution in [-0.2, 0) is 11.2 Å². The topological polar surface area (TPSA) is 55.1 Å². The summed E-state index contributed by atoms with van der Waals surface area (Å²) in [6.07, 6.45) is 6.85. The molecule has 0 radical (unpaired) electrons. The van der Waals surface area contributed by atoms with Crippen molar-refractivity contribution in [2.24, 2.45) is 11.8 Å². The van der Waals surface area contributed by atoms with Gasteiger partial charge in [-0.1, -0.05) is 13.8 Å². The molecule has 0 amide bonds. The summed E-state index contributed by atoms with van der Waals surface area (Å²) in [5.41, 5.74) is 1.04. The van der Waals surface area contributed by atoms with Crippen molar-refractivity contribution < 1.29 is 9.90 Å². The van der Waals surface area contributed by atoms with Crippen LogP contribution in [0.3, 0.4) is 0 Å². The van der Waals surface area contributed by atoms with Crippen molar-refractivity contribution in [1.82, 2.24) is 9.78 Å². The van der Waals surface area contributed by atoms with Gasteiger partial charge >= 0.3 is 5.97 Å². The molecule has 100 valence electrons. The Morgan fingerprint density at radius 2 is 2.22 bits per heavy atom. The number of aromatic nitrogens is 2. The fourth-order valence-electron chi connectivity index (χ4n) is 2.76. The molecule has 2 unspecified atom stereocenters. The second kappa shape index (κ2) is 5.55. The summed E-state index contributed by atoms with van der Waals surface area (Å²) in [5.74, 6) is -0.512. The van der Waals surface area contributed by atoms with Gasteiger partial charge in [0.25, 0.3) is 0 Å². The molecule has 2 rings (SSSR count). The Morgan fingerprint density at radius 1 is 1.50 bits per heavy atom. The molecule has 18 heavy (non-hydrogen) atoms. The molecule has 4 nitrogen and oxygen atoms in total. The molecule has 1 heterocycles. The second-order valence-corrected chi connectivity index (χ2v) is 5.24. The van der Waals surface area contributed by atoms with E-state index in [-0.39, 0.29) is 11.8 Å². The molecule has 1 aromatic rings. The number of rotatable bonds is 6. The van der Waals surface area contributed by atoms with Crippen LogP contribution in [0.5, 0.6) is 0 Å². The second-order valence-electron chi connectivity index (χ2n) is 5.24. The average molecular weight is 250 g/mol. The summed E-state index contributed by atoms with van der Waals surface area (Å²) in [4.78, 5) is 11.0. The summed E-state index contributed by atoms with van der Waals surface area (Å²) in [6, 6.07) is 2.51. The number of hydrogen-bond donors (Lipinski definition) is 1. The third-order valence-electron chi connectivity index (χ3n) is 4.19. The predicted octanol–water partition coefficient (Wildman–Crippen LogP) is 2.90. The van der Waals surface area contributed by atoms with Gasteiger partial charge in [0, 0.05) is 6.20 Å². The maximum absolute atomic E-state index is 11.0. The van der Waals surface area contributed by atoms with Gasteiger partial charge in [-0.3, -0.25) is 9.48 Å². The van der Waals surface area contributed by atoms with Crippen LogP contribution in [0.4, 0.5) is 0 Å². The summed E-state index contributed by atoms with van der Waals surface area (Å²) in [5, 5.41) is 13.6. The number of nitrogens with zero attached hydrogens (tertiary/aromatic N) is 2. The van der Waals surface area contributed by atoms with Gasteiger partial charge in [0.05, 0.1) is 17.7 Å². The standard InChI is InChI=1S/C14H22N2O2/c1-3-12(4-2)16-8-7-11(15-16)9-10-5-6-13(10)14(17)18/h7-8,10,12-13H,3-6,9H2,1-2H3,(H,17,18). The van der Waals surface area contributed by atoms with Gasteiger partial charge in [-0.05, 0) is 44.1 Å². The summed E-state index contributed by atoms with van der Waals surface area (Å²) in [7, 11) is 0. The maximum Gasteiger partial charge on any atom is 0.306 e. The Bertz CT molecular complexity index is 410. The van der Waals surface area contributed by atoms with Crippen LogP contribution in [-0.4, -0.2) is 20.9 Å². The Morgan fingerprint density at radius 3 is 2.72 bits per heavy atom. The van der Waals surface area contributed by atoms with Crippen LogP contribution < -0.4 is 0 Å². The molecule has 0 aliphatic heterocycles. The van der Waals surface area contributed by atoms with E-state index in [4.69, 9.17) is 5.11 Å². The van der Waals surface area contributed by atoms with Crippen LogP contribution in [0.15, 0.2) is 12.3 Å². The molecule has 1 fully saturated rings. The van der Waals surface area contributed by atoms with Gasteiger partial charge in [-0.2, -0.15) is 5.10 Å². The molecule has 1 aromatic heterocycles. The number of carbonyl (C=O) groups is 1. The van der Waals surface area contributed by atoms with E-state index >= 15 is 0 Å². The third-order valence-corrected chi connectivity index (χ3v) is 4.19. The Hall–Kier alpha value is -1.32. The van der Waals surface area contributed by atoms with E-state index in [1.807, 2.05) is 16.9 Å². The van der Waals surface area contributed by atoms with Gasteiger partial charge in [-0.15, -0.1) is 0 Å². The smallest absolute Gasteiger partial charge is 0.306 e.